The molecule has 666 valence electrons. The summed E-state index contributed by atoms with van der Waals surface area (Å²) >= 11 is 1.64. The first-order chi connectivity index (χ1) is 56.9. The third-order valence-electron chi connectivity index (χ3n) is 21.2. The molecule has 5 aromatic carbocycles. The number of carbonyl (C=O) groups is 5. The normalized spacial score (nSPS) is 15.6. The number of thiazole rings is 1. The first-order valence-corrected chi connectivity index (χ1v) is 42.4. The lowest BCUT2D eigenvalue weighted by Crippen LogP contribution is -2.52. The number of aromatic nitrogens is 8. The summed E-state index contributed by atoms with van der Waals surface area (Å²) in [6.45, 7) is 9.86. The molecule has 36 heteroatoms. The van der Waals surface area contributed by atoms with Gasteiger partial charge in [0.05, 0.1) is 83.7 Å². The molecule has 33 nitrogen and oxygen atoms in total. The molecule has 0 fully saturated rings. The second-order valence-electron chi connectivity index (χ2n) is 32.3. The molecule has 0 saturated carbocycles. The van der Waals surface area contributed by atoms with Gasteiger partial charge in [-0.2, -0.15) is 0 Å². The van der Waals surface area contributed by atoms with Crippen molar-refractivity contribution in [1.29, 1.82) is 0 Å². The van der Waals surface area contributed by atoms with Crippen molar-refractivity contribution in [3.05, 3.63) is 143 Å². The summed E-state index contributed by atoms with van der Waals surface area (Å²) in [5.41, 5.74) is 9.05. The summed E-state index contributed by atoms with van der Waals surface area (Å²) in [7, 11) is 27.8. The monoisotopic (exact) mass is 1720 g/mol. The minimum atomic E-state index is -3.79. The minimum Gasteiger partial charge on any atom is -0.441 e. The van der Waals surface area contributed by atoms with Gasteiger partial charge in [-0.3, -0.25) is 48.5 Å². The van der Waals surface area contributed by atoms with Crippen LogP contribution in [0.15, 0.2) is 112 Å². The van der Waals surface area contributed by atoms with Crippen LogP contribution in [-0.4, -0.2) is 313 Å². The SMILES string of the molecule is CNC(=O)[C@@H]([C@H](O)[C@H](C)Cc1nc2cc(CN(C)C)ccc2n1C)N(C)C.CNC(=O)[C@@H]([C@H](O)[C@H](C)Cc1nc2ccc(CF)cc2[nH]1)N(C)C.CNC(=O)[C@@H]([C@H](O)[C@H](C)Cc1nc2ccc(S(N)(=O)=O)cc2[nH]1)N(C)C.CNC(=O)[C@@H]([C@H](O)[C@H](C)Cc1nc2ccccc2o1)N(C)C.CNC(=O)[C@@H]([C@H](O)[C@H](C)Cc1nc2ccccc2s1)N(C)C. The molecule has 10 aromatic rings. The molecule has 0 spiro atoms. The smallest absolute Gasteiger partial charge is 0.239 e. The standard InChI is InChI=1S/C20H33N5O2.C17H25FN4O2.C16H25N5O4S.C16H23N3O3.C16H23N3O2S/c1-13(19(26)18(24(5)6)20(27)21-2)10-17-22-15-11-14(12-23(3)4)8-9-16(15)25(17)7;1-10(16(23)15(22(3)4)17(24)19-2)7-14-20-12-6-5-11(9-18)8-13(12)21-14;1-9(15(22)14(21(3)4)16(23)18-2)7-13-19-11-6-5-10(26(17,24)25)8-12(11)20-13;2*1-10(15(20)14(19(3)4)16(21)17-2)9-13-18-11-7-5-6-8-12(11)22-13/h8-9,11,13,18-19,26H,10,12H2,1-7H3,(H,21,27);5-6,8,10,15-16,23H,7,9H2,1-4H3,(H,19,24)(H,20,21);5-6,8-9,14-15,22H,7H2,1-4H3,(H,18,23)(H,19,20)(H2,17,24,25);2*5-8,10,14-15,20H,9H2,1-4H3,(H,17,21)/t13-,18-,19-;10-,15-,16-;9-,14-,15-;2*10-,14-,15-/m11111/s1. The molecule has 5 heterocycles. The number of aryl methyl sites for hydroxylation is 1. The second-order valence-corrected chi connectivity index (χ2v) is 35.0. The van der Waals surface area contributed by atoms with E-state index in [1.807, 2.05) is 104 Å². The van der Waals surface area contributed by atoms with Crippen LogP contribution in [0.2, 0.25) is 0 Å². The number of hydrogen-bond acceptors (Lipinski definition) is 25. The van der Waals surface area contributed by atoms with E-state index in [2.05, 4.69) is 84.2 Å². The summed E-state index contributed by atoms with van der Waals surface area (Å²) in [6, 6.07) is 28.4. The zero-order chi connectivity index (χ0) is 90.4. The first kappa shape index (κ1) is 100. The Kier molecular flexibility index (Phi) is 38.3. The Bertz CT molecular complexity index is 4930. The van der Waals surface area contributed by atoms with Gasteiger partial charge in [-0.1, -0.05) is 71.0 Å². The number of alkyl halides is 1. The number of nitrogens with one attached hydrogen (secondary N) is 7. The zero-order valence-electron chi connectivity index (χ0n) is 74.1. The Labute approximate surface area is 713 Å². The number of H-pyrrole nitrogens is 2. The third-order valence-corrected chi connectivity index (χ3v) is 23.2. The highest BCUT2D eigenvalue weighted by Gasteiger charge is 2.38. The summed E-state index contributed by atoms with van der Waals surface area (Å²) in [6.07, 6.45) is -1.50. The topological polar surface area (TPSA) is 440 Å². The number of para-hydroxylation sites is 3. The molecule has 0 radical (unpaired) electrons. The Balaban J connectivity index is 0.000000235. The van der Waals surface area contributed by atoms with Crippen LogP contribution < -0.4 is 31.7 Å². The molecule has 5 amide bonds. The Morgan fingerprint density at radius 3 is 1.28 bits per heavy atom. The maximum atomic E-state index is 12.7. The first-order valence-electron chi connectivity index (χ1n) is 40.1. The number of fused-ring (bicyclic) bond motifs is 5. The van der Waals surface area contributed by atoms with E-state index in [4.69, 9.17) is 14.5 Å². The summed E-state index contributed by atoms with van der Waals surface area (Å²) in [5.74, 6) is 0.925. The van der Waals surface area contributed by atoms with Gasteiger partial charge >= 0.3 is 0 Å². The van der Waals surface area contributed by atoms with Gasteiger partial charge in [-0.15, -0.1) is 11.3 Å². The largest absolute Gasteiger partial charge is 0.441 e. The van der Waals surface area contributed by atoms with E-state index in [-0.39, 0.29) is 64.0 Å². The van der Waals surface area contributed by atoms with Crippen LogP contribution in [0.1, 0.15) is 74.1 Å². The van der Waals surface area contributed by atoms with Crippen molar-refractivity contribution in [2.45, 2.75) is 146 Å². The number of likely N-dealkylation sites (N-methyl/N-ethyl adjacent to an activating group) is 10. The van der Waals surface area contributed by atoms with E-state index in [1.54, 1.807) is 159 Å². The van der Waals surface area contributed by atoms with Crippen molar-refractivity contribution in [2.24, 2.45) is 41.8 Å². The summed E-state index contributed by atoms with van der Waals surface area (Å²) in [5, 5.41) is 72.1. The van der Waals surface area contributed by atoms with E-state index >= 15 is 0 Å². The van der Waals surface area contributed by atoms with Crippen molar-refractivity contribution < 1.29 is 66.7 Å². The highest BCUT2D eigenvalue weighted by molar-refractivity contribution is 7.89. The van der Waals surface area contributed by atoms with Gasteiger partial charge in [0.2, 0.25) is 39.6 Å². The summed E-state index contributed by atoms with van der Waals surface area (Å²) in [4.78, 5) is 99.7. The van der Waals surface area contributed by atoms with Gasteiger partial charge in [0.25, 0.3) is 0 Å². The molecule has 14 N–H and O–H groups in total. The number of sulfonamides is 1. The van der Waals surface area contributed by atoms with Crippen LogP contribution in [0.25, 0.3) is 54.4 Å². The molecular weight excluding hydrogens is 1590 g/mol. The Hall–Kier alpha value is -9.38. The molecule has 10 rings (SSSR count). The van der Waals surface area contributed by atoms with Gasteiger partial charge < -0.3 is 76.0 Å². The molecule has 121 heavy (non-hydrogen) atoms. The fourth-order valence-electron chi connectivity index (χ4n) is 14.4. The molecule has 0 unspecified atom stereocenters. The number of aliphatic hydroxyl groups is 5. The fourth-order valence-corrected chi connectivity index (χ4v) is 16.0. The van der Waals surface area contributed by atoms with Gasteiger partial charge in [0.15, 0.2) is 11.5 Å². The lowest BCUT2D eigenvalue weighted by Gasteiger charge is -2.31. The van der Waals surface area contributed by atoms with Crippen molar-refractivity contribution >= 4 is 105 Å². The molecular formula is C85H129FN20O13S2. The second kappa shape index (κ2) is 46.2. The molecule has 0 aliphatic carbocycles. The van der Waals surface area contributed by atoms with Crippen LogP contribution in [0.4, 0.5) is 4.39 Å². The third kappa shape index (κ3) is 27.6. The lowest BCUT2D eigenvalue weighted by atomic mass is 9.93. The van der Waals surface area contributed by atoms with Gasteiger partial charge in [0, 0.05) is 80.9 Å². The molecule has 0 bridgehead atoms. The maximum absolute atomic E-state index is 12.7. The Morgan fingerprint density at radius 1 is 0.471 bits per heavy atom. The van der Waals surface area contributed by atoms with Crippen molar-refractivity contribution in [3.63, 3.8) is 0 Å². The average Bonchev–Trinajstić information content (AvgIpc) is 1.63. The van der Waals surface area contributed by atoms with E-state index in [0.29, 0.717) is 66.2 Å². The van der Waals surface area contributed by atoms with Crippen LogP contribution in [0.5, 0.6) is 0 Å². The van der Waals surface area contributed by atoms with Crippen LogP contribution in [0.3, 0.4) is 0 Å². The summed E-state index contributed by atoms with van der Waals surface area (Å²) < 4.78 is 44.5. The minimum absolute atomic E-state index is 0.000530. The quantitative estimate of drug-likeness (QED) is 0.0270. The highest BCUT2D eigenvalue weighted by Crippen LogP contribution is 2.29. The Morgan fingerprint density at radius 2 is 0.868 bits per heavy atom. The highest BCUT2D eigenvalue weighted by atomic mass is 32.2. The maximum Gasteiger partial charge on any atom is 0.239 e. The van der Waals surface area contributed by atoms with E-state index in [9.17, 15) is 62.3 Å². The number of benzene rings is 5. The fraction of sp³-hybridized carbons (Fsp3) is 0.529. The van der Waals surface area contributed by atoms with E-state index < -0.39 is 77.4 Å². The lowest BCUT2D eigenvalue weighted by molar-refractivity contribution is -0.131. The number of rotatable bonds is 34. The predicted molar refractivity (Wildman–Crippen MR) is 472 cm³/mol. The number of halogens is 1. The van der Waals surface area contributed by atoms with Crippen LogP contribution >= 0.6 is 11.3 Å². The van der Waals surface area contributed by atoms with Crippen LogP contribution in [-0.2, 0) is 86.4 Å². The number of oxazole rings is 1. The molecule has 15 atom stereocenters. The number of primary sulfonamides is 1. The van der Waals surface area contributed by atoms with Crippen molar-refractivity contribution in [3.8, 4) is 0 Å². The van der Waals surface area contributed by atoms with Gasteiger partial charge in [-0.25, -0.2) is 42.9 Å². The number of imidazole rings is 3. The van der Waals surface area contributed by atoms with E-state index in [1.165, 1.54) is 24.7 Å². The molecule has 5 aromatic heterocycles. The number of aromatic amines is 2. The number of hydrogen-bond donors (Lipinski definition) is 13. The average molecular weight is 1720 g/mol. The van der Waals surface area contributed by atoms with E-state index in [0.717, 1.165) is 60.8 Å². The molecule has 0 saturated heterocycles. The molecule has 0 aliphatic heterocycles. The number of nitrogens with two attached hydrogens (primary N) is 1. The molecule has 0 aliphatic rings. The number of amides is 5. The van der Waals surface area contributed by atoms with Crippen molar-refractivity contribution in [1.82, 2.24) is 95.4 Å². The predicted octanol–water partition coefficient (Wildman–Crippen LogP) is 4.08. The number of aliphatic hydroxyl groups excluding tert-OH is 5. The van der Waals surface area contributed by atoms with Gasteiger partial charge in [0.1, 0.15) is 59.9 Å². The number of carbonyl (C=O) groups excluding carboxylic acids is 5. The zero-order valence-corrected chi connectivity index (χ0v) is 75.7. The number of nitrogens with zero attached hydrogens (tertiary/aromatic N) is 12. The van der Waals surface area contributed by atoms with Crippen LogP contribution in [0, 0.1) is 29.6 Å². The van der Waals surface area contributed by atoms with Crippen molar-refractivity contribution in [2.75, 3.05) is 120 Å². The van der Waals surface area contributed by atoms with Gasteiger partial charge in [-0.05, 0) is 192 Å².